The summed E-state index contributed by atoms with van der Waals surface area (Å²) in [6.45, 7) is 7.90. The Morgan fingerprint density at radius 1 is 1.07 bits per heavy atom. The summed E-state index contributed by atoms with van der Waals surface area (Å²) >= 11 is 0. The predicted octanol–water partition coefficient (Wildman–Crippen LogP) is 5.85. The van der Waals surface area contributed by atoms with Crippen LogP contribution in [0.5, 0.6) is 0 Å². The summed E-state index contributed by atoms with van der Waals surface area (Å²) in [5.41, 5.74) is 1.27. The molecule has 44 heavy (non-hydrogen) atoms. The number of carbonyl (C=O) groups excluding carboxylic acids is 1. The molecule has 3 heterocycles. The highest BCUT2D eigenvalue weighted by molar-refractivity contribution is 7.90. The van der Waals surface area contributed by atoms with Crippen LogP contribution >= 0.6 is 0 Å². The van der Waals surface area contributed by atoms with Crippen molar-refractivity contribution in [2.24, 2.45) is 0 Å². The number of aromatic nitrogens is 1. The van der Waals surface area contributed by atoms with Gasteiger partial charge >= 0.3 is 6.18 Å². The molecule has 0 radical (unpaired) electrons. The molecule has 2 aliphatic heterocycles. The van der Waals surface area contributed by atoms with Crippen LogP contribution in [0.25, 0.3) is 10.9 Å². The molecule has 1 N–H and O–H groups in total. The monoisotopic (exact) mass is 628 g/mol. The average molecular weight is 629 g/mol. The van der Waals surface area contributed by atoms with E-state index in [1.165, 1.54) is 61.7 Å². The third kappa shape index (κ3) is 7.33. The Balaban J connectivity index is 1.57. The number of rotatable bonds is 9. The Bertz CT molecular complexity index is 1600. The highest BCUT2D eigenvalue weighted by atomic mass is 32.2. The Morgan fingerprint density at radius 2 is 1.75 bits per heavy atom. The molecule has 7 nitrogen and oxygen atoms in total. The van der Waals surface area contributed by atoms with E-state index in [2.05, 4.69) is 21.7 Å². The molecule has 0 unspecified atom stereocenters. The predicted molar refractivity (Wildman–Crippen MR) is 165 cm³/mol. The maximum absolute atomic E-state index is 14.3. The number of hydrogen-bond acceptors (Lipinski definition) is 6. The summed E-state index contributed by atoms with van der Waals surface area (Å²) in [7, 11) is -3.67. The number of nitrogens with one attached hydrogen (secondary N) is 1. The summed E-state index contributed by atoms with van der Waals surface area (Å²) in [5, 5.41) is 2.44. The van der Waals surface area contributed by atoms with Crippen molar-refractivity contribution >= 4 is 26.6 Å². The number of fused-ring (bicyclic) bond motifs is 1. The molecule has 1 atom stereocenters. The zero-order valence-electron chi connectivity index (χ0n) is 24.9. The van der Waals surface area contributed by atoms with Crippen molar-refractivity contribution in [3.05, 3.63) is 83.6 Å². The van der Waals surface area contributed by atoms with Crippen molar-refractivity contribution in [2.75, 3.05) is 32.4 Å². The van der Waals surface area contributed by atoms with Crippen LogP contribution < -0.4 is 5.32 Å². The number of benzene rings is 2. The zero-order valence-corrected chi connectivity index (χ0v) is 25.8. The Kier molecular flexibility index (Phi) is 9.77. The lowest BCUT2D eigenvalue weighted by molar-refractivity contribution is -0.155. The molecule has 1 amide bonds. The van der Waals surface area contributed by atoms with E-state index in [1.807, 2.05) is 0 Å². The largest absolute Gasteiger partial charge is 0.412 e. The fourth-order valence-corrected chi connectivity index (χ4v) is 7.10. The lowest BCUT2D eigenvalue weighted by Crippen LogP contribution is -2.46. The SMILES string of the molecule is C=CCc1nc2ccc(S(C)(=O)=O)cc2c(C(=O)N[C@H](c2ccccc2)C(F)(F)F)c1CN1CCC(N2CCCCC2)CC1. The second kappa shape index (κ2) is 13.4. The maximum Gasteiger partial charge on any atom is 0.412 e. The highest BCUT2D eigenvalue weighted by Gasteiger charge is 2.42. The van der Waals surface area contributed by atoms with Crippen molar-refractivity contribution in [1.29, 1.82) is 0 Å². The van der Waals surface area contributed by atoms with Crippen LogP contribution in [0, 0.1) is 0 Å². The van der Waals surface area contributed by atoms with Gasteiger partial charge in [-0.15, -0.1) is 6.58 Å². The number of nitrogens with zero attached hydrogens (tertiary/aromatic N) is 3. The normalized spacial score (nSPS) is 18.3. The van der Waals surface area contributed by atoms with Crippen molar-refractivity contribution in [3.63, 3.8) is 0 Å². The van der Waals surface area contributed by atoms with E-state index >= 15 is 0 Å². The third-order valence-corrected chi connectivity index (χ3v) is 9.83. The van der Waals surface area contributed by atoms with Crippen LogP contribution in [0.3, 0.4) is 0 Å². The van der Waals surface area contributed by atoms with Gasteiger partial charge in [0.15, 0.2) is 15.9 Å². The second-order valence-corrected chi connectivity index (χ2v) is 13.8. The van der Waals surface area contributed by atoms with Gasteiger partial charge < -0.3 is 10.2 Å². The summed E-state index contributed by atoms with van der Waals surface area (Å²) < 4.78 is 68.0. The Hall–Kier alpha value is -3.28. The highest BCUT2D eigenvalue weighted by Crippen LogP contribution is 2.35. The number of sulfone groups is 1. The standard InChI is InChI=1S/C33H39F3N4O3S/c1-3-10-28-27(22-39-19-15-24(16-20-39)40-17-8-5-9-18-40)30(26-21-25(44(2,42)43)13-14-29(26)37-28)32(41)38-31(33(34,35)36)23-11-6-4-7-12-23/h3-4,6-7,11-14,21,24,31H,1,5,8-10,15-20,22H2,2H3,(H,38,41)/t31-/m1/s1. The lowest BCUT2D eigenvalue weighted by Gasteiger charge is -2.40. The number of halogens is 3. The number of pyridine rings is 1. The van der Waals surface area contributed by atoms with Crippen molar-refractivity contribution < 1.29 is 26.4 Å². The number of likely N-dealkylation sites (tertiary alicyclic amines) is 2. The molecule has 0 bridgehead atoms. The van der Waals surface area contributed by atoms with E-state index in [1.54, 1.807) is 12.1 Å². The first-order valence-electron chi connectivity index (χ1n) is 15.1. The molecule has 2 aliphatic rings. The van der Waals surface area contributed by atoms with Gasteiger partial charge in [-0.2, -0.15) is 13.2 Å². The van der Waals surface area contributed by atoms with Crippen LogP contribution in [0.4, 0.5) is 13.2 Å². The first kappa shape index (κ1) is 32.1. The Labute approximate surface area is 257 Å². The average Bonchev–Trinajstić information content (AvgIpc) is 3.00. The minimum absolute atomic E-state index is 0.0145. The van der Waals surface area contributed by atoms with E-state index in [0.29, 0.717) is 35.8 Å². The topological polar surface area (TPSA) is 82.6 Å². The van der Waals surface area contributed by atoms with Crippen molar-refractivity contribution in [3.8, 4) is 0 Å². The molecule has 1 aromatic heterocycles. The summed E-state index contributed by atoms with van der Waals surface area (Å²) in [6.07, 6.45) is 3.84. The van der Waals surface area contributed by atoms with E-state index in [0.717, 1.165) is 45.3 Å². The molecule has 3 aromatic rings. The first-order valence-corrected chi connectivity index (χ1v) is 17.0. The van der Waals surface area contributed by atoms with Gasteiger partial charge in [0.2, 0.25) is 0 Å². The van der Waals surface area contributed by atoms with Gasteiger partial charge in [-0.05, 0) is 75.6 Å². The fourth-order valence-electron chi connectivity index (χ4n) is 6.45. The number of alkyl halides is 3. The quantitative estimate of drug-likeness (QED) is 0.300. The van der Waals surface area contributed by atoms with E-state index < -0.39 is 28.0 Å². The van der Waals surface area contributed by atoms with Gasteiger partial charge in [0.05, 0.1) is 21.7 Å². The molecule has 2 saturated heterocycles. The van der Waals surface area contributed by atoms with Crippen LogP contribution in [0.2, 0.25) is 0 Å². The number of carbonyl (C=O) groups is 1. The van der Waals surface area contributed by atoms with E-state index in [4.69, 9.17) is 4.98 Å². The molecular formula is C33H39F3N4O3S. The zero-order chi connectivity index (χ0) is 31.5. The number of amides is 1. The van der Waals surface area contributed by atoms with Gasteiger partial charge in [-0.3, -0.25) is 14.7 Å². The Morgan fingerprint density at radius 3 is 2.36 bits per heavy atom. The van der Waals surface area contributed by atoms with Crippen LogP contribution in [0.1, 0.15) is 65.3 Å². The second-order valence-electron chi connectivity index (χ2n) is 11.8. The van der Waals surface area contributed by atoms with Crippen molar-refractivity contribution in [1.82, 2.24) is 20.1 Å². The molecule has 236 valence electrons. The summed E-state index contributed by atoms with van der Waals surface area (Å²) in [6, 6.07) is 9.71. The maximum atomic E-state index is 14.3. The molecule has 0 spiro atoms. The minimum Gasteiger partial charge on any atom is -0.337 e. The fraction of sp³-hybridized carbons (Fsp3) is 0.455. The van der Waals surface area contributed by atoms with Gasteiger partial charge in [-0.1, -0.05) is 42.8 Å². The molecular weight excluding hydrogens is 589 g/mol. The van der Waals surface area contributed by atoms with Crippen LogP contribution in [0.15, 0.2) is 66.1 Å². The third-order valence-electron chi connectivity index (χ3n) is 8.72. The summed E-state index contributed by atoms with van der Waals surface area (Å²) in [5.74, 6) is -0.933. The van der Waals surface area contributed by atoms with Crippen molar-refractivity contribution in [2.45, 2.75) is 68.2 Å². The number of allylic oxidation sites excluding steroid dienone is 1. The molecule has 5 rings (SSSR count). The lowest BCUT2D eigenvalue weighted by atomic mass is 9.95. The molecule has 2 fully saturated rings. The van der Waals surface area contributed by atoms with Gasteiger partial charge in [0.25, 0.3) is 5.91 Å². The molecule has 0 aliphatic carbocycles. The first-order chi connectivity index (χ1) is 21.0. The van der Waals surface area contributed by atoms with Crippen LogP contribution in [-0.2, 0) is 22.8 Å². The number of hydrogen-bond donors (Lipinski definition) is 1. The summed E-state index contributed by atoms with van der Waals surface area (Å²) in [4.78, 5) is 23.6. The molecule has 2 aromatic carbocycles. The van der Waals surface area contributed by atoms with E-state index in [-0.39, 0.29) is 21.4 Å². The minimum atomic E-state index is -4.77. The van der Waals surface area contributed by atoms with Gasteiger partial charge in [0, 0.05) is 36.2 Å². The van der Waals surface area contributed by atoms with Crippen LogP contribution in [-0.4, -0.2) is 73.8 Å². The van der Waals surface area contributed by atoms with Gasteiger partial charge in [-0.25, -0.2) is 8.42 Å². The number of piperidine rings is 2. The molecule has 0 saturated carbocycles. The molecule has 11 heteroatoms. The van der Waals surface area contributed by atoms with E-state index in [9.17, 15) is 26.4 Å². The van der Waals surface area contributed by atoms with Gasteiger partial charge in [0.1, 0.15) is 0 Å². The smallest absolute Gasteiger partial charge is 0.337 e.